The fourth-order valence-electron chi connectivity index (χ4n) is 2.49. The molecule has 0 aromatic carbocycles. The molecule has 112 valence electrons. The molecular weight excluding hydrogens is 260 g/mol. The van der Waals surface area contributed by atoms with Crippen LogP contribution in [0.4, 0.5) is 4.79 Å². The molecule has 1 amide bonds. The van der Waals surface area contributed by atoms with Crippen molar-refractivity contribution in [2.45, 2.75) is 57.1 Å². The number of carbonyl (C=O) groups is 1. The molecule has 0 bridgehead atoms. The quantitative estimate of drug-likeness (QED) is 0.675. The number of amides is 1. The summed E-state index contributed by atoms with van der Waals surface area (Å²) in [5.41, 5.74) is 5.64. The first kappa shape index (κ1) is 16.5. The van der Waals surface area contributed by atoms with Crippen LogP contribution in [0.1, 0.15) is 27.2 Å². The number of hydrogen-bond acceptors (Lipinski definition) is 3. The molecule has 1 aliphatic heterocycles. The second kappa shape index (κ2) is 5.42. The van der Waals surface area contributed by atoms with Gasteiger partial charge in [0.05, 0.1) is 13.8 Å². The Kier molecular flexibility index (Phi) is 4.69. The van der Waals surface area contributed by atoms with Crippen LogP contribution in [0.5, 0.6) is 0 Å². The number of aliphatic hydroxyl groups is 1. The van der Waals surface area contributed by atoms with Gasteiger partial charge in [0, 0.05) is 25.0 Å². The summed E-state index contributed by atoms with van der Waals surface area (Å²) in [6, 6.07) is -0.111. The molecule has 1 rings (SSSR count). The SMILES string of the molecule is CC(C)(C)[Si](C)(C)C(O)[C@H]1CN(C(=O)O)CC[C@H]1N. The van der Waals surface area contributed by atoms with E-state index in [0.29, 0.717) is 19.5 Å². The van der Waals surface area contributed by atoms with E-state index in [4.69, 9.17) is 10.8 Å². The summed E-state index contributed by atoms with van der Waals surface area (Å²) in [4.78, 5) is 12.5. The minimum atomic E-state index is -1.95. The summed E-state index contributed by atoms with van der Waals surface area (Å²) in [5, 5.41) is 19.9. The maximum atomic E-state index is 11.1. The number of nitrogens with two attached hydrogens (primary N) is 1. The maximum absolute atomic E-state index is 11.1. The number of aliphatic hydroxyl groups excluding tert-OH is 1. The predicted molar refractivity (Wildman–Crippen MR) is 78.9 cm³/mol. The summed E-state index contributed by atoms with van der Waals surface area (Å²) in [7, 11) is -1.95. The lowest BCUT2D eigenvalue weighted by Gasteiger charge is -2.47. The lowest BCUT2D eigenvalue weighted by molar-refractivity contribution is 0.0700. The van der Waals surface area contributed by atoms with E-state index >= 15 is 0 Å². The van der Waals surface area contributed by atoms with E-state index in [1.165, 1.54) is 4.90 Å². The van der Waals surface area contributed by atoms with Gasteiger partial charge in [-0.25, -0.2) is 4.79 Å². The Morgan fingerprint density at radius 2 is 1.95 bits per heavy atom. The van der Waals surface area contributed by atoms with Crippen LogP contribution in [0, 0.1) is 5.92 Å². The van der Waals surface area contributed by atoms with Crippen LogP contribution >= 0.6 is 0 Å². The molecule has 4 N–H and O–H groups in total. The number of carboxylic acid groups (broad SMARTS) is 1. The molecule has 1 fully saturated rings. The fraction of sp³-hybridized carbons (Fsp3) is 0.923. The first-order chi connectivity index (χ1) is 8.48. The van der Waals surface area contributed by atoms with Crippen molar-refractivity contribution < 1.29 is 15.0 Å². The molecule has 0 saturated carbocycles. The molecule has 3 atom stereocenters. The Hall–Kier alpha value is -0.593. The van der Waals surface area contributed by atoms with Crippen molar-refractivity contribution >= 4 is 14.2 Å². The third kappa shape index (κ3) is 3.30. The minimum Gasteiger partial charge on any atom is -0.465 e. The lowest BCUT2D eigenvalue weighted by atomic mass is 9.93. The number of piperidine rings is 1. The van der Waals surface area contributed by atoms with Gasteiger partial charge in [-0.05, 0) is 11.5 Å². The summed E-state index contributed by atoms with van der Waals surface area (Å²) >= 11 is 0. The highest BCUT2D eigenvalue weighted by molar-refractivity contribution is 6.81. The van der Waals surface area contributed by atoms with Crippen molar-refractivity contribution in [1.29, 1.82) is 0 Å². The van der Waals surface area contributed by atoms with E-state index in [2.05, 4.69) is 33.9 Å². The van der Waals surface area contributed by atoms with Crippen LogP contribution in [0.2, 0.25) is 18.1 Å². The molecule has 0 aromatic rings. The van der Waals surface area contributed by atoms with Gasteiger partial charge in [-0.3, -0.25) is 0 Å². The number of hydrogen-bond donors (Lipinski definition) is 3. The maximum Gasteiger partial charge on any atom is 0.407 e. The van der Waals surface area contributed by atoms with Crippen LogP contribution in [0.3, 0.4) is 0 Å². The van der Waals surface area contributed by atoms with E-state index in [0.717, 1.165) is 0 Å². The standard InChI is InChI=1S/C13H28N2O3Si/c1-13(2,3)19(4,5)11(16)9-8-15(12(17)18)7-6-10(9)14/h9-11,16H,6-8,14H2,1-5H3,(H,17,18)/t9-,10+,11?/m0/s1. The molecule has 1 aliphatic rings. The average Bonchev–Trinajstić information content (AvgIpc) is 2.26. The molecule has 0 aromatic heterocycles. The van der Waals surface area contributed by atoms with Crippen LogP contribution in [-0.2, 0) is 0 Å². The van der Waals surface area contributed by atoms with Crippen LogP contribution in [0.25, 0.3) is 0 Å². The van der Waals surface area contributed by atoms with E-state index in [9.17, 15) is 9.90 Å². The van der Waals surface area contributed by atoms with Gasteiger partial charge in [0.1, 0.15) is 0 Å². The van der Waals surface area contributed by atoms with Crippen LogP contribution in [0.15, 0.2) is 0 Å². The molecule has 1 heterocycles. The zero-order chi connectivity index (χ0) is 15.0. The molecule has 6 heteroatoms. The molecule has 5 nitrogen and oxygen atoms in total. The summed E-state index contributed by atoms with van der Waals surface area (Å²) < 4.78 is 0. The van der Waals surface area contributed by atoms with Crippen LogP contribution in [-0.4, -0.2) is 54.1 Å². The van der Waals surface area contributed by atoms with Crippen LogP contribution < -0.4 is 5.73 Å². The van der Waals surface area contributed by atoms with Crippen molar-refractivity contribution in [2.75, 3.05) is 13.1 Å². The second-order valence-corrected chi connectivity index (χ2v) is 12.8. The highest BCUT2D eigenvalue weighted by Gasteiger charge is 2.47. The van der Waals surface area contributed by atoms with Gasteiger partial charge < -0.3 is 20.8 Å². The summed E-state index contributed by atoms with van der Waals surface area (Å²) in [5.74, 6) is -0.147. The highest BCUT2D eigenvalue weighted by atomic mass is 28.3. The van der Waals surface area contributed by atoms with Gasteiger partial charge in [-0.2, -0.15) is 0 Å². The Labute approximate surface area is 116 Å². The van der Waals surface area contributed by atoms with Crippen molar-refractivity contribution in [3.05, 3.63) is 0 Å². The average molecular weight is 288 g/mol. The smallest absolute Gasteiger partial charge is 0.407 e. The normalized spacial score (nSPS) is 27.2. The molecule has 0 aliphatic carbocycles. The van der Waals surface area contributed by atoms with E-state index in [-0.39, 0.29) is 17.0 Å². The van der Waals surface area contributed by atoms with Crippen molar-refractivity contribution in [3.8, 4) is 0 Å². The third-order valence-corrected chi connectivity index (χ3v) is 10.8. The first-order valence-corrected chi connectivity index (χ1v) is 9.97. The predicted octanol–water partition coefficient (Wildman–Crippen LogP) is 1.72. The van der Waals surface area contributed by atoms with Crippen molar-refractivity contribution in [1.82, 2.24) is 4.90 Å². The second-order valence-electron chi connectivity index (χ2n) is 7.26. The molecule has 1 unspecified atom stereocenters. The third-order valence-electron chi connectivity index (χ3n) is 5.06. The Morgan fingerprint density at radius 1 is 1.42 bits per heavy atom. The van der Waals surface area contributed by atoms with E-state index < -0.39 is 19.9 Å². The summed E-state index contributed by atoms with van der Waals surface area (Å²) in [6.07, 6.45) is -0.290. The van der Waals surface area contributed by atoms with Gasteiger partial charge in [0.15, 0.2) is 0 Å². The Balaban J connectivity index is 2.90. The molecular formula is C13H28N2O3Si. The molecule has 0 spiro atoms. The van der Waals surface area contributed by atoms with Gasteiger partial charge in [-0.1, -0.05) is 33.9 Å². The zero-order valence-corrected chi connectivity index (χ0v) is 13.7. The zero-order valence-electron chi connectivity index (χ0n) is 12.7. The topological polar surface area (TPSA) is 86.8 Å². The largest absolute Gasteiger partial charge is 0.465 e. The number of likely N-dealkylation sites (tertiary alicyclic amines) is 1. The molecule has 0 radical (unpaired) electrons. The molecule has 1 saturated heterocycles. The summed E-state index contributed by atoms with van der Waals surface area (Å²) in [6.45, 7) is 11.6. The number of nitrogens with zero attached hydrogens (tertiary/aromatic N) is 1. The first-order valence-electron chi connectivity index (χ1n) is 6.90. The Morgan fingerprint density at radius 3 is 2.37 bits per heavy atom. The van der Waals surface area contributed by atoms with Crippen molar-refractivity contribution in [2.24, 2.45) is 11.7 Å². The van der Waals surface area contributed by atoms with Gasteiger partial charge in [0.25, 0.3) is 0 Å². The monoisotopic (exact) mass is 288 g/mol. The van der Waals surface area contributed by atoms with Gasteiger partial charge in [0.2, 0.25) is 0 Å². The molecule has 19 heavy (non-hydrogen) atoms. The van der Waals surface area contributed by atoms with Gasteiger partial charge >= 0.3 is 6.09 Å². The van der Waals surface area contributed by atoms with Crippen molar-refractivity contribution in [3.63, 3.8) is 0 Å². The van der Waals surface area contributed by atoms with E-state index in [1.54, 1.807) is 0 Å². The fourth-order valence-corrected chi connectivity index (χ4v) is 4.80. The van der Waals surface area contributed by atoms with Gasteiger partial charge in [-0.15, -0.1) is 0 Å². The van der Waals surface area contributed by atoms with E-state index in [1.807, 2.05) is 0 Å². The Bertz CT molecular complexity index is 341. The highest BCUT2D eigenvalue weighted by Crippen LogP contribution is 2.41. The minimum absolute atomic E-state index is 0.0532. The lowest BCUT2D eigenvalue weighted by Crippen LogP contribution is -2.61. The number of rotatable bonds is 2.